The monoisotopic (exact) mass is 230 g/mol. The molecule has 0 rings (SSSR count). The first-order chi connectivity index (χ1) is 7.08. The Kier molecular flexibility index (Phi) is 8.01. The molecule has 15 heavy (non-hydrogen) atoms. The Morgan fingerprint density at radius 3 is 2.40 bits per heavy atom. The Balaban J connectivity index is 4.19. The van der Waals surface area contributed by atoms with Crippen LogP contribution in [0.1, 0.15) is 40.5 Å². The van der Waals surface area contributed by atoms with Gasteiger partial charge in [0.15, 0.2) is 0 Å². The highest BCUT2D eigenvalue weighted by molar-refractivity contribution is 6.66. The molecule has 90 valence electrons. The summed E-state index contributed by atoms with van der Waals surface area (Å²) in [7, 11) is -1.91. The van der Waals surface area contributed by atoms with Crippen LogP contribution in [0, 0.1) is 0 Å². The fourth-order valence-electron chi connectivity index (χ4n) is 1.68. The Morgan fingerprint density at radius 1 is 1.27 bits per heavy atom. The number of hydrogen-bond acceptors (Lipinski definition) is 2. The van der Waals surface area contributed by atoms with Crippen LogP contribution in [0.15, 0.2) is 12.2 Å². The minimum Gasteiger partial charge on any atom is -0.395 e. The Labute approximate surface area is 95.9 Å². The van der Waals surface area contributed by atoms with Crippen molar-refractivity contribution in [1.29, 1.82) is 0 Å². The van der Waals surface area contributed by atoms with Gasteiger partial charge in [0, 0.05) is 6.61 Å². The second-order valence-corrected chi connectivity index (χ2v) is 7.27. The van der Waals surface area contributed by atoms with Gasteiger partial charge in [-0.15, -0.1) is 0 Å². The van der Waals surface area contributed by atoms with Gasteiger partial charge in [-0.2, -0.15) is 0 Å². The molecule has 0 spiro atoms. The summed E-state index contributed by atoms with van der Waals surface area (Å²) < 4.78 is 11.9. The van der Waals surface area contributed by atoms with Crippen molar-refractivity contribution in [3.63, 3.8) is 0 Å². The number of rotatable bonds is 8. The van der Waals surface area contributed by atoms with Crippen molar-refractivity contribution >= 4 is 8.56 Å². The van der Waals surface area contributed by atoms with Gasteiger partial charge in [0.1, 0.15) is 0 Å². The molecule has 0 aliphatic heterocycles. The summed E-state index contributed by atoms with van der Waals surface area (Å²) in [5.41, 5.74) is 0. The second-order valence-electron chi connectivity index (χ2n) is 3.98. The van der Waals surface area contributed by atoms with Crippen molar-refractivity contribution in [3.8, 4) is 0 Å². The maximum absolute atomic E-state index is 6.05. The van der Waals surface area contributed by atoms with E-state index >= 15 is 0 Å². The van der Waals surface area contributed by atoms with Crippen LogP contribution in [0.25, 0.3) is 0 Å². The summed E-state index contributed by atoms with van der Waals surface area (Å²) in [6.07, 6.45) is 6.65. The van der Waals surface area contributed by atoms with E-state index in [1.807, 2.05) is 6.92 Å². The van der Waals surface area contributed by atoms with Gasteiger partial charge in [0.2, 0.25) is 0 Å². The fraction of sp³-hybridized carbons (Fsp3) is 0.833. The molecule has 2 atom stereocenters. The maximum Gasteiger partial charge on any atom is 0.335 e. The second kappa shape index (κ2) is 8.08. The van der Waals surface area contributed by atoms with Gasteiger partial charge in [-0.3, -0.25) is 0 Å². The Hall–Kier alpha value is -0.123. The number of allylic oxidation sites excluding steroid dienone is 1. The van der Waals surface area contributed by atoms with E-state index < -0.39 is 8.56 Å². The lowest BCUT2D eigenvalue weighted by Gasteiger charge is -2.28. The van der Waals surface area contributed by atoms with E-state index in [1.165, 1.54) is 0 Å². The zero-order valence-electron chi connectivity index (χ0n) is 10.9. The summed E-state index contributed by atoms with van der Waals surface area (Å²) >= 11 is 0. The predicted molar refractivity (Wildman–Crippen MR) is 68.3 cm³/mol. The van der Waals surface area contributed by atoms with E-state index in [-0.39, 0.29) is 6.10 Å². The summed E-state index contributed by atoms with van der Waals surface area (Å²) in [5, 5.41) is 0. The van der Waals surface area contributed by atoms with Gasteiger partial charge < -0.3 is 8.85 Å². The van der Waals surface area contributed by atoms with E-state index in [0.717, 1.165) is 25.5 Å². The first-order valence-electron chi connectivity index (χ1n) is 6.06. The molecule has 0 N–H and O–H groups in total. The molecule has 3 heteroatoms. The molecule has 0 aromatic heterocycles. The lowest BCUT2D eigenvalue weighted by molar-refractivity contribution is 0.155. The Bertz CT molecular complexity index is 174. The molecule has 0 bridgehead atoms. The van der Waals surface area contributed by atoms with E-state index in [4.69, 9.17) is 8.85 Å². The Morgan fingerprint density at radius 2 is 1.93 bits per heavy atom. The zero-order valence-corrected chi connectivity index (χ0v) is 11.9. The average Bonchev–Trinajstić information content (AvgIpc) is 2.15. The largest absolute Gasteiger partial charge is 0.395 e. The van der Waals surface area contributed by atoms with Gasteiger partial charge in [-0.1, -0.05) is 32.4 Å². The van der Waals surface area contributed by atoms with E-state index in [9.17, 15) is 0 Å². The SMILES string of the molecule is CCC=CC(C)O[Si](C)(CCC)OCC. The van der Waals surface area contributed by atoms with Crippen molar-refractivity contribution in [2.75, 3.05) is 6.61 Å². The minimum atomic E-state index is -1.91. The van der Waals surface area contributed by atoms with Crippen LogP contribution in [0.4, 0.5) is 0 Å². The molecule has 0 amide bonds. The van der Waals surface area contributed by atoms with E-state index in [2.05, 4.69) is 39.5 Å². The average molecular weight is 230 g/mol. The van der Waals surface area contributed by atoms with Crippen LogP contribution in [0.5, 0.6) is 0 Å². The highest BCUT2D eigenvalue weighted by Crippen LogP contribution is 2.18. The van der Waals surface area contributed by atoms with Crippen LogP contribution < -0.4 is 0 Å². The topological polar surface area (TPSA) is 18.5 Å². The third kappa shape index (κ3) is 6.87. The summed E-state index contributed by atoms with van der Waals surface area (Å²) in [6.45, 7) is 11.4. The molecule has 0 heterocycles. The number of hydrogen-bond donors (Lipinski definition) is 0. The first kappa shape index (κ1) is 14.9. The van der Waals surface area contributed by atoms with Crippen LogP contribution >= 0.6 is 0 Å². The van der Waals surface area contributed by atoms with Crippen molar-refractivity contribution in [1.82, 2.24) is 0 Å². The molecular weight excluding hydrogens is 204 g/mol. The molecule has 0 aliphatic rings. The lowest BCUT2D eigenvalue weighted by atomic mass is 10.3. The van der Waals surface area contributed by atoms with Gasteiger partial charge in [0.25, 0.3) is 0 Å². The normalized spacial score (nSPS) is 17.9. The molecule has 0 aromatic rings. The molecular formula is C12H26O2Si. The van der Waals surface area contributed by atoms with Crippen LogP contribution in [0.2, 0.25) is 12.6 Å². The molecule has 0 fully saturated rings. The molecule has 0 aromatic carbocycles. The van der Waals surface area contributed by atoms with Crippen molar-refractivity contribution in [2.24, 2.45) is 0 Å². The van der Waals surface area contributed by atoms with Crippen LogP contribution in [0.3, 0.4) is 0 Å². The molecule has 2 nitrogen and oxygen atoms in total. The molecule has 0 radical (unpaired) electrons. The van der Waals surface area contributed by atoms with Crippen LogP contribution in [-0.4, -0.2) is 21.3 Å². The standard InChI is InChI=1S/C12H26O2Si/c1-6-9-10-12(4)14-15(5,11-7-2)13-8-3/h9-10,12H,6-8,11H2,1-5H3. The van der Waals surface area contributed by atoms with Gasteiger partial charge in [0.05, 0.1) is 6.10 Å². The van der Waals surface area contributed by atoms with Gasteiger partial charge in [-0.25, -0.2) is 0 Å². The fourth-order valence-corrected chi connectivity index (χ4v) is 4.40. The predicted octanol–water partition coefficient (Wildman–Crippen LogP) is 3.88. The third-order valence-electron chi connectivity index (χ3n) is 2.23. The van der Waals surface area contributed by atoms with Crippen molar-refractivity contribution in [2.45, 2.75) is 59.2 Å². The van der Waals surface area contributed by atoms with E-state index in [0.29, 0.717) is 0 Å². The third-order valence-corrected chi connectivity index (χ3v) is 5.41. The zero-order chi connectivity index (χ0) is 11.7. The van der Waals surface area contributed by atoms with Crippen molar-refractivity contribution in [3.05, 3.63) is 12.2 Å². The molecule has 0 aliphatic carbocycles. The maximum atomic E-state index is 6.05. The summed E-state index contributed by atoms with van der Waals surface area (Å²) in [4.78, 5) is 0. The smallest absolute Gasteiger partial charge is 0.335 e. The summed E-state index contributed by atoms with van der Waals surface area (Å²) in [6, 6.07) is 1.07. The lowest BCUT2D eigenvalue weighted by Crippen LogP contribution is -2.40. The molecule has 0 saturated heterocycles. The highest BCUT2D eigenvalue weighted by atomic mass is 28.4. The van der Waals surface area contributed by atoms with E-state index in [1.54, 1.807) is 0 Å². The summed E-state index contributed by atoms with van der Waals surface area (Å²) in [5.74, 6) is 0. The van der Waals surface area contributed by atoms with Crippen molar-refractivity contribution < 1.29 is 8.85 Å². The first-order valence-corrected chi connectivity index (χ1v) is 8.58. The highest BCUT2D eigenvalue weighted by Gasteiger charge is 2.31. The molecule has 0 saturated carbocycles. The molecule has 2 unspecified atom stereocenters. The van der Waals surface area contributed by atoms with Gasteiger partial charge >= 0.3 is 8.56 Å². The minimum absolute atomic E-state index is 0.180. The quantitative estimate of drug-likeness (QED) is 0.465. The van der Waals surface area contributed by atoms with Crippen LogP contribution in [-0.2, 0) is 8.85 Å². The van der Waals surface area contributed by atoms with Gasteiger partial charge in [-0.05, 0) is 32.9 Å².